The maximum atomic E-state index is 12.3. The zero-order valence-corrected chi connectivity index (χ0v) is 11.5. The second kappa shape index (κ2) is 5.62. The summed E-state index contributed by atoms with van der Waals surface area (Å²) in [6.07, 6.45) is 6.30. The Bertz CT molecular complexity index is 513. The summed E-state index contributed by atoms with van der Waals surface area (Å²) in [5.74, 6) is -0.768. The van der Waals surface area contributed by atoms with Crippen LogP contribution in [0.2, 0.25) is 0 Å². The molecule has 1 fully saturated rings. The Balaban J connectivity index is 2.00. The van der Waals surface area contributed by atoms with E-state index in [9.17, 15) is 9.59 Å². The van der Waals surface area contributed by atoms with Gasteiger partial charge >= 0.3 is 5.97 Å². The summed E-state index contributed by atoms with van der Waals surface area (Å²) in [7, 11) is 0. The molecule has 7 nitrogen and oxygen atoms in total. The molecule has 20 heavy (non-hydrogen) atoms. The molecule has 2 rings (SSSR count). The van der Waals surface area contributed by atoms with Crippen LogP contribution in [0.4, 0.5) is 5.69 Å². The van der Waals surface area contributed by atoms with E-state index >= 15 is 0 Å². The van der Waals surface area contributed by atoms with Crippen LogP contribution in [0.1, 0.15) is 32.6 Å². The monoisotopic (exact) mass is 280 g/mol. The van der Waals surface area contributed by atoms with E-state index in [1.807, 2.05) is 0 Å². The van der Waals surface area contributed by atoms with Crippen LogP contribution in [0.15, 0.2) is 12.4 Å². The number of aliphatic carboxylic acids is 1. The van der Waals surface area contributed by atoms with Gasteiger partial charge in [-0.25, -0.2) is 0 Å². The predicted octanol–water partition coefficient (Wildman–Crippen LogP) is 0.814. The molecule has 110 valence electrons. The number of anilines is 1. The number of nitrogens with one attached hydrogen (secondary N) is 1. The van der Waals surface area contributed by atoms with Crippen molar-refractivity contribution in [3.05, 3.63) is 12.4 Å². The van der Waals surface area contributed by atoms with E-state index in [2.05, 4.69) is 17.3 Å². The second-order valence-electron chi connectivity index (χ2n) is 5.63. The van der Waals surface area contributed by atoms with E-state index in [0.717, 1.165) is 12.8 Å². The van der Waals surface area contributed by atoms with Gasteiger partial charge in [-0.05, 0) is 18.8 Å². The maximum Gasteiger partial charge on any atom is 0.325 e. The summed E-state index contributed by atoms with van der Waals surface area (Å²) in [5.41, 5.74) is 5.83. The molecule has 1 aromatic rings. The van der Waals surface area contributed by atoms with Crippen molar-refractivity contribution in [2.45, 2.75) is 44.7 Å². The van der Waals surface area contributed by atoms with E-state index in [1.165, 1.54) is 17.1 Å². The van der Waals surface area contributed by atoms with Crippen molar-refractivity contribution in [1.82, 2.24) is 9.78 Å². The average Bonchev–Trinajstić information content (AvgIpc) is 2.75. The van der Waals surface area contributed by atoms with Crippen molar-refractivity contribution in [3.8, 4) is 0 Å². The molecular formula is C13H20N4O3. The lowest BCUT2D eigenvalue weighted by molar-refractivity contribution is -0.137. The lowest BCUT2D eigenvalue weighted by Gasteiger charge is -2.35. The van der Waals surface area contributed by atoms with E-state index < -0.39 is 11.5 Å². The quantitative estimate of drug-likeness (QED) is 0.756. The zero-order valence-electron chi connectivity index (χ0n) is 11.5. The summed E-state index contributed by atoms with van der Waals surface area (Å²) in [6, 6.07) is 0. The van der Waals surface area contributed by atoms with Crippen molar-refractivity contribution in [3.63, 3.8) is 0 Å². The summed E-state index contributed by atoms with van der Waals surface area (Å²) in [5, 5.41) is 15.3. The Kier molecular flexibility index (Phi) is 4.08. The minimum Gasteiger partial charge on any atom is -0.480 e. The van der Waals surface area contributed by atoms with Gasteiger partial charge in [-0.3, -0.25) is 14.3 Å². The first-order chi connectivity index (χ1) is 9.39. The minimum atomic E-state index is -0.984. The van der Waals surface area contributed by atoms with E-state index in [1.54, 1.807) is 0 Å². The molecular weight excluding hydrogens is 260 g/mol. The van der Waals surface area contributed by atoms with Gasteiger partial charge in [0.2, 0.25) is 5.91 Å². The minimum absolute atomic E-state index is 0.223. The lowest BCUT2D eigenvalue weighted by atomic mass is 9.76. The number of rotatable bonds is 4. The number of hydrogen-bond acceptors (Lipinski definition) is 4. The number of carboxylic acid groups (broad SMARTS) is 1. The number of carbonyl (C=O) groups is 2. The molecule has 0 bridgehead atoms. The van der Waals surface area contributed by atoms with Crippen molar-refractivity contribution < 1.29 is 14.7 Å². The predicted molar refractivity (Wildman–Crippen MR) is 73.0 cm³/mol. The molecule has 2 atom stereocenters. The first-order valence-electron chi connectivity index (χ1n) is 6.74. The van der Waals surface area contributed by atoms with Gasteiger partial charge in [-0.15, -0.1) is 0 Å². The maximum absolute atomic E-state index is 12.3. The topological polar surface area (TPSA) is 110 Å². The molecule has 7 heteroatoms. The molecule has 1 aliphatic rings. The number of hydrogen-bond donors (Lipinski definition) is 3. The molecule has 0 aromatic carbocycles. The fourth-order valence-electron chi connectivity index (χ4n) is 2.71. The summed E-state index contributed by atoms with van der Waals surface area (Å²) >= 11 is 0. The largest absolute Gasteiger partial charge is 0.480 e. The Morgan fingerprint density at radius 3 is 3.05 bits per heavy atom. The SMILES string of the molecule is CC1CCCC(N)(C(=O)Nc2cnn(CC(=O)O)c2)C1. The third kappa shape index (κ3) is 3.36. The number of amides is 1. The lowest BCUT2D eigenvalue weighted by Crippen LogP contribution is -2.53. The van der Waals surface area contributed by atoms with Crippen molar-refractivity contribution in [2.75, 3.05) is 5.32 Å². The molecule has 1 aliphatic carbocycles. The van der Waals surface area contributed by atoms with Gasteiger partial charge < -0.3 is 16.2 Å². The molecule has 0 aliphatic heterocycles. The molecule has 1 saturated carbocycles. The molecule has 1 heterocycles. The fraction of sp³-hybridized carbons (Fsp3) is 0.615. The van der Waals surface area contributed by atoms with Gasteiger partial charge in [-0.2, -0.15) is 5.10 Å². The molecule has 4 N–H and O–H groups in total. The molecule has 0 saturated heterocycles. The molecule has 0 spiro atoms. The number of aromatic nitrogens is 2. The molecule has 1 amide bonds. The van der Waals surface area contributed by atoms with Crippen molar-refractivity contribution in [2.24, 2.45) is 11.7 Å². The van der Waals surface area contributed by atoms with Crippen LogP contribution in [0.25, 0.3) is 0 Å². The third-order valence-electron chi connectivity index (χ3n) is 3.67. The van der Waals surface area contributed by atoms with Crippen LogP contribution in [-0.4, -0.2) is 32.3 Å². The smallest absolute Gasteiger partial charge is 0.325 e. The van der Waals surface area contributed by atoms with Gasteiger partial charge in [0.05, 0.1) is 17.4 Å². The van der Waals surface area contributed by atoms with Crippen LogP contribution in [0.3, 0.4) is 0 Å². The van der Waals surface area contributed by atoms with Crippen molar-refractivity contribution in [1.29, 1.82) is 0 Å². The van der Waals surface area contributed by atoms with Crippen LogP contribution >= 0.6 is 0 Å². The summed E-state index contributed by atoms with van der Waals surface area (Å²) in [4.78, 5) is 22.8. The number of nitrogens with zero attached hydrogens (tertiary/aromatic N) is 2. The summed E-state index contributed by atoms with van der Waals surface area (Å²) < 4.78 is 1.25. The van der Waals surface area contributed by atoms with Crippen molar-refractivity contribution >= 4 is 17.6 Å². The second-order valence-corrected chi connectivity index (χ2v) is 5.63. The third-order valence-corrected chi connectivity index (χ3v) is 3.67. The first kappa shape index (κ1) is 14.5. The Morgan fingerprint density at radius 2 is 2.40 bits per heavy atom. The van der Waals surface area contributed by atoms with Gasteiger partial charge in [0.1, 0.15) is 6.54 Å². The van der Waals surface area contributed by atoms with Crippen LogP contribution < -0.4 is 11.1 Å². The zero-order chi connectivity index (χ0) is 14.8. The average molecular weight is 280 g/mol. The molecule has 1 aromatic heterocycles. The van der Waals surface area contributed by atoms with E-state index in [0.29, 0.717) is 24.4 Å². The Hall–Kier alpha value is -1.89. The number of carbonyl (C=O) groups excluding carboxylic acids is 1. The first-order valence-corrected chi connectivity index (χ1v) is 6.74. The van der Waals surface area contributed by atoms with Crippen LogP contribution in [0, 0.1) is 5.92 Å². The van der Waals surface area contributed by atoms with Crippen LogP contribution in [-0.2, 0) is 16.1 Å². The van der Waals surface area contributed by atoms with E-state index in [4.69, 9.17) is 10.8 Å². The number of carboxylic acids is 1. The van der Waals surface area contributed by atoms with E-state index in [-0.39, 0.29) is 12.5 Å². The van der Waals surface area contributed by atoms with Gasteiger partial charge in [0.25, 0.3) is 0 Å². The fourth-order valence-corrected chi connectivity index (χ4v) is 2.71. The van der Waals surface area contributed by atoms with Gasteiger partial charge in [0, 0.05) is 6.20 Å². The Labute approximate surface area is 117 Å². The summed E-state index contributed by atoms with van der Waals surface area (Å²) in [6.45, 7) is 1.86. The van der Waals surface area contributed by atoms with Gasteiger partial charge in [-0.1, -0.05) is 19.8 Å². The van der Waals surface area contributed by atoms with Crippen LogP contribution in [0.5, 0.6) is 0 Å². The highest BCUT2D eigenvalue weighted by atomic mass is 16.4. The molecule has 2 unspecified atom stereocenters. The molecule has 0 radical (unpaired) electrons. The highest BCUT2D eigenvalue weighted by molar-refractivity contribution is 5.97. The highest BCUT2D eigenvalue weighted by Crippen LogP contribution is 2.31. The standard InChI is InChI=1S/C13H20N4O3/c1-9-3-2-4-13(14,5-9)12(20)16-10-6-15-17(7-10)8-11(18)19/h6-7,9H,2-5,8,14H2,1H3,(H,16,20)(H,18,19). The number of nitrogens with two attached hydrogens (primary N) is 1. The Morgan fingerprint density at radius 1 is 1.65 bits per heavy atom. The highest BCUT2D eigenvalue weighted by Gasteiger charge is 2.38. The van der Waals surface area contributed by atoms with Gasteiger partial charge in [0.15, 0.2) is 0 Å². The normalized spacial score (nSPS) is 26.2.